The van der Waals surface area contributed by atoms with Crippen LogP contribution in [-0.4, -0.2) is 10.1 Å². The molecule has 0 saturated carbocycles. The predicted octanol–water partition coefficient (Wildman–Crippen LogP) is 6.85. The third kappa shape index (κ3) is 3.20. The second-order valence-corrected chi connectivity index (χ2v) is 9.00. The average Bonchev–Trinajstić information content (AvgIpc) is 3.15. The van der Waals surface area contributed by atoms with E-state index >= 15 is 0 Å². The Morgan fingerprint density at radius 2 is 1.96 bits per heavy atom. The lowest BCUT2D eigenvalue weighted by Gasteiger charge is -2.36. The fraction of sp³-hybridized carbons (Fsp3) is 0.375. The first kappa shape index (κ1) is 19.0. The zero-order chi connectivity index (χ0) is 19.9. The maximum absolute atomic E-state index is 11.5. The normalized spacial score (nSPS) is 14.3. The fourth-order valence-corrected chi connectivity index (χ4v) is 4.84. The number of phenolic OH excluding ortho intramolecular Hbond substituents is 1. The third-order valence-corrected chi connectivity index (χ3v) is 6.32. The lowest BCUT2D eigenvalue weighted by atomic mass is 9.83. The van der Waals surface area contributed by atoms with Crippen molar-refractivity contribution in [1.29, 1.82) is 0 Å². The molecule has 0 fully saturated rings. The smallest absolute Gasteiger partial charge is 0.136 e. The summed E-state index contributed by atoms with van der Waals surface area (Å²) in [6, 6.07) is 8.53. The number of nitrogens with zero attached hydrogens (tertiary/aromatic N) is 1. The molecule has 1 aliphatic rings. The molecule has 4 rings (SSSR count). The molecule has 0 aliphatic carbocycles. The molecule has 1 aliphatic heterocycles. The maximum Gasteiger partial charge on any atom is 0.136 e. The number of unbranched alkanes of at least 4 members (excludes halogenated alkanes) is 2. The minimum absolute atomic E-state index is 0.315. The van der Waals surface area contributed by atoms with Crippen molar-refractivity contribution in [3.8, 4) is 33.1 Å². The lowest BCUT2D eigenvalue weighted by Crippen LogP contribution is -2.29. The van der Waals surface area contributed by atoms with E-state index in [1.54, 1.807) is 11.3 Å². The van der Waals surface area contributed by atoms with Crippen molar-refractivity contribution in [1.82, 2.24) is 4.98 Å². The van der Waals surface area contributed by atoms with Gasteiger partial charge < -0.3 is 9.84 Å². The zero-order valence-corrected chi connectivity index (χ0v) is 17.8. The van der Waals surface area contributed by atoms with Crippen molar-refractivity contribution in [3.05, 3.63) is 52.7 Å². The highest BCUT2D eigenvalue weighted by Gasteiger charge is 2.35. The van der Waals surface area contributed by atoms with Crippen LogP contribution in [0.3, 0.4) is 0 Å². The zero-order valence-electron chi connectivity index (χ0n) is 17.0. The first-order valence-corrected chi connectivity index (χ1v) is 10.9. The summed E-state index contributed by atoms with van der Waals surface area (Å²) in [5.41, 5.74) is 7.59. The van der Waals surface area contributed by atoms with Crippen LogP contribution >= 0.6 is 11.3 Å². The highest BCUT2D eigenvalue weighted by atomic mass is 32.1. The van der Waals surface area contributed by atoms with Gasteiger partial charge in [0.15, 0.2) is 0 Å². The van der Waals surface area contributed by atoms with E-state index in [0.717, 1.165) is 51.3 Å². The molecule has 2 heterocycles. The minimum atomic E-state index is -0.435. The van der Waals surface area contributed by atoms with Gasteiger partial charge in [-0.2, -0.15) is 0 Å². The number of aromatic hydroxyl groups is 1. The van der Waals surface area contributed by atoms with Gasteiger partial charge in [-0.25, -0.2) is 0 Å². The summed E-state index contributed by atoms with van der Waals surface area (Å²) in [6.45, 7) is 8.48. The van der Waals surface area contributed by atoms with Crippen molar-refractivity contribution in [2.45, 2.75) is 59.0 Å². The highest BCUT2D eigenvalue weighted by Crippen LogP contribution is 2.53. The number of aryl methyl sites for hydroxylation is 2. The quantitative estimate of drug-likeness (QED) is 0.482. The summed E-state index contributed by atoms with van der Waals surface area (Å²) >= 11 is 1.57. The monoisotopic (exact) mass is 393 g/mol. The van der Waals surface area contributed by atoms with E-state index in [1.165, 1.54) is 18.4 Å². The van der Waals surface area contributed by atoms with Crippen LogP contribution in [0.2, 0.25) is 0 Å². The van der Waals surface area contributed by atoms with Crippen LogP contribution in [0.15, 0.2) is 36.0 Å². The van der Waals surface area contributed by atoms with E-state index in [1.807, 2.05) is 11.7 Å². The molecule has 0 atom stereocenters. The molecular formula is C24H27NO2S. The number of aromatic nitrogens is 1. The van der Waals surface area contributed by atoms with Crippen LogP contribution < -0.4 is 4.74 Å². The van der Waals surface area contributed by atoms with Crippen LogP contribution in [0.4, 0.5) is 0 Å². The maximum atomic E-state index is 11.5. The molecule has 0 unspecified atom stereocenters. The summed E-state index contributed by atoms with van der Waals surface area (Å²) in [7, 11) is 0. The van der Waals surface area contributed by atoms with Crippen molar-refractivity contribution in [2.75, 3.05) is 0 Å². The van der Waals surface area contributed by atoms with Crippen molar-refractivity contribution >= 4 is 11.3 Å². The fourth-order valence-electron chi connectivity index (χ4n) is 4.13. The number of hydrogen-bond donors (Lipinski definition) is 1. The molecule has 0 saturated heterocycles. The molecule has 146 valence electrons. The number of phenols is 1. The molecule has 1 aromatic heterocycles. The van der Waals surface area contributed by atoms with Crippen molar-refractivity contribution < 1.29 is 9.84 Å². The van der Waals surface area contributed by atoms with Crippen LogP contribution in [0.5, 0.6) is 11.5 Å². The van der Waals surface area contributed by atoms with Gasteiger partial charge in [0, 0.05) is 17.3 Å². The number of benzene rings is 2. The third-order valence-electron chi connectivity index (χ3n) is 5.53. The Bertz CT molecular complexity index is 1010. The van der Waals surface area contributed by atoms with Gasteiger partial charge in [0.2, 0.25) is 0 Å². The molecule has 4 heteroatoms. The standard InChI is InChI=1S/C24H27NO2S/c1-5-6-7-8-16-12-19-22(23(26)21(16)20-13-25-14-28-20)17-11-15(2)9-10-18(17)24(3,4)27-19/h9-14,26H,5-8H2,1-4H3. The Labute approximate surface area is 171 Å². The Kier molecular flexibility index (Phi) is 4.92. The van der Waals surface area contributed by atoms with Gasteiger partial charge in [0.1, 0.15) is 17.1 Å². The van der Waals surface area contributed by atoms with Gasteiger partial charge in [-0.3, -0.25) is 4.98 Å². The van der Waals surface area contributed by atoms with Gasteiger partial charge in [-0.05, 0) is 50.8 Å². The van der Waals surface area contributed by atoms with Crippen LogP contribution in [0.1, 0.15) is 56.7 Å². The number of hydrogen-bond acceptors (Lipinski definition) is 4. The second-order valence-electron chi connectivity index (χ2n) is 8.12. The minimum Gasteiger partial charge on any atom is -0.506 e. The Morgan fingerprint density at radius 3 is 2.68 bits per heavy atom. The van der Waals surface area contributed by atoms with Gasteiger partial charge in [0.25, 0.3) is 0 Å². The molecule has 0 amide bonds. The number of rotatable bonds is 5. The molecule has 1 N–H and O–H groups in total. The molecule has 0 spiro atoms. The molecule has 0 radical (unpaired) electrons. The van der Waals surface area contributed by atoms with Crippen LogP contribution in [0, 0.1) is 6.92 Å². The highest BCUT2D eigenvalue weighted by molar-refractivity contribution is 7.13. The molecule has 0 bridgehead atoms. The Balaban J connectivity index is 1.96. The summed E-state index contributed by atoms with van der Waals surface area (Å²) < 4.78 is 6.41. The summed E-state index contributed by atoms with van der Waals surface area (Å²) in [5.74, 6) is 1.09. The summed E-state index contributed by atoms with van der Waals surface area (Å²) in [6.07, 6.45) is 6.21. The topological polar surface area (TPSA) is 42.4 Å². The predicted molar refractivity (Wildman–Crippen MR) is 116 cm³/mol. The Hall–Kier alpha value is -2.33. The number of thiazole rings is 1. The van der Waals surface area contributed by atoms with Gasteiger partial charge >= 0.3 is 0 Å². The number of ether oxygens (including phenoxy) is 1. The molecule has 28 heavy (non-hydrogen) atoms. The molecule has 2 aromatic carbocycles. The van der Waals surface area contributed by atoms with Gasteiger partial charge in [-0.15, -0.1) is 11.3 Å². The van der Waals surface area contributed by atoms with E-state index in [4.69, 9.17) is 4.74 Å². The van der Waals surface area contributed by atoms with Gasteiger partial charge in [-0.1, -0.05) is 43.5 Å². The summed E-state index contributed by atoms with van der Waals surface area (Å²) in [4.78, 5) is 5.25. The lowest BCUT2D eigenvalue weighted by molar-refractivity contribution is 0.105. The Morgan fingerprint density at radius 1 is 1.14 bits per heavy atom. The molecule has 3 aromatic rings. The number of fused-ring (bicyclic) bond motifs is 3. The molecular weight excluding hydrogens is 366 g/mol. The second kappa shape index (κ2) is 7.25. The van der Waals surface area contributed by atoms with Crippen LogP contribution in [0.25, 0.3) is 21.6 Å². The van der Waals surface area contributed by atoms with E-state index in [0.29, 0.717) is 5.75 Å². The largest absolute Gasteiger partial charge is 0.506 e. The van der Waals surface area contributed by atoms with E-state index in [9.17, 15) is 5.11 Å². The first-order chi connectivity index (χ1) is 13.4. The summed E-state index contributed by atoms with van der Waals surface area (Å²) in [5, 5.41) is 11.5. The van der Waals surface area contributed by atoms with E-state index < -0.39 is 5.60 Å². The molecule has 3 nitrogen and oxygen atoms in total. The van der Waals surface area contributed by atoms with Crippen LogP contribution in [-0.2, 0) is 12.0 Å². The van der Waals surface area contributed by atoms with E-state index in [-0.39, 0.29) is 0 Å². The average molecular weight is 394 g/mol. The first-order valence-electron chi connectivity index (χ1n) is 10.0. The SMILES string of the molecule is CCCCCc1cc2c(c(O)c1-c1cncs1)-c1cc(C)ccc1C(C)(C)O2. The van der Waals surface area contributed by atoms with Crippen molar-refractivity contribution in [2.24, 2.45) is 0 Å². The van der Waals surface area contributed by atoms with Crippen molar-refractivity contribution in [3.63, 3.8) is 0 Å². The van der Waals surface area contributed by atoms with E-state index in [2.05, 4.69) is 56.9 Å². The van der Waals surface area contributed by atoms with Gasteiger partial charge in [0.05, 0.1) is 16.0 Å².